The second-order valence-electron chi connectivity index (χ2n) is 8.38. The van der Waals surface area contributed by atoms with Crippen LogP contribution in [0, 0.1) is 0 Å². The summed E-state index contributed by atoms with van der Waals surface area (Å²) in [5, 5.41) is 8.04. The van der Waals surface area contributed by atoms with Crippen LogP contribution in [0.2, 0.25) is 0 Å². The molecule has 0 aliphatic carbocycles. The zero-order valence-electron chi connectivity index (χ0n) is 18.9. The Kier molecular flexibility index (Phi) is 7.50. The molecule has 0 saturated carbocycles. The quantitative estimate of drug-likeness (QED) is 0.511. The Labute approximate surface area is 192 Å². The summed E-state index contributed by atoms with van der Waals surface area (Å²) in [5.74, 6) is -0.623. The second kappa shape index (κ2) is 10.5. The molecule has 0 saturated heterocycles. The summed E-state index contributed by atoms with van der Waals surface area (Å²) in [6.45, 7) is 5.21. The van der Waals surface area contributed by atoms with Crippen molar-refractivity contribution in [2.45, 2.75) is 32.9 Å². The molecule has 0 aliphatic heterocycles. The summed E-state index contributed by atoms with van der Waals surface area (Å²) in [5.41, 5.74) is 2.17. The van der Waals surface area contributed by atoms with Gasteiger partial charge in [-0.1, -0.05) is 18.2 Å². The lowest BCUT2D eigenvalue weighted by atomic mass is 10.1. The second-order valence-corrected chi connectivity index (χ2v) is 8.38. The maximum absolute atomic E-state index is 12.7. The molecule has 33 heavy (non-hydrogen) atoms. The normalized spacial score (nSPS) is 10.9. The van der Waals surface area contributed by atoms with Gasteiger partial charge in [-0.3, -0.25) is 9.59 Å². The number of rotatable bonds is 7. The Morgan fingerprint density at radius 2 is 1.55 bits per heavy atom. The number of hydrogen-bond donors (Lipinski definition) is 3. The van der Waals surface area contributed by atoms with Crippen LogP contribution in [-0.4, -0.2) is 34.6 Å². The minimum atomic E-state index is -0.659. The van der Waals surface area contributed by atoms with Gasteiger partial charge in [-0.25, -0.2) is 4.79 Å². The zero-order chi connectivity index (χ0) is 23.8. The number of ether oxygens (including phenoxy) is 1. The van der Waals surface area contributed by atoms with E-state index in [2.05, 4.69) is 16.0 Å². The average Bonchev–Trinajstić information content (AvgIpc) is 3.31. The van der Waals surface area contributed by atoms with Gasteiger partial charge in [-0.15, -0.1) is 0 Å². The van der Waals surface area contributed by atoms with Crippen molar-refractivity contribution in [3.63, 3.8) is 0 Å². The van der Waals surface area contributed by atoms with Gasteiger partial charge in [-0.2, -0.15) is 0 Å². The molecule has 8 nitrogen and oxygen atoms in total. The summed E-state index contributed by atoms with van der Waals surface area (Å²) in [6.07, 6.45) is 3.21. The van der Waals surface area contributed by atoms with Crippen molar-refractivity contribution >= 4 is 23.6 Å². The summed E-state index contributed by atoms with van der Waals surface area (Å²) < 4.78 is 7.06. The van der Waals surface area contributed by atoms with Crippen LogP contribution < -0.4 is 16.0 Å². The number of alkyl carbamates (subject to hydrolysis) is 1. The summed E-state index contributed by atoms with van der Waals surface area (Å²) in [4.78, 5) is 36.5. The van der Waals surface area contributed by atoms with Crippen molar-refractivity contribution in [1.82, 2.24) is 15.2 Å². The smallest absolute Gasteiger partial charge is 0.408 e. The number of nitrogens with zero attached hydrogens (tertiary/aromatic N) is 1. The highest BCUT2D eigenvalue weighted by atomic mass is 16.6. The van der Waals surface area contributed by atoms with E-state index < -0.39 is 11.7 Å². The maximum Gasteiger partial charge on any atom is 0.408 e. The predicted molar refractivity (Wildman–Crippen MR) is 126 cm³/mol. The van der Waals surface area contributed by atoms with Crippen molar-refractivity contribution in [3.8, 4) is 5.69 Å². The molecule has 0 radical (unpaired) electrons. The third-order valence-electron chi connectivity index (χ3n) is 4.57. The first-order valence-electron chi connectivity index (χ1n) is 10.6. The Hall–Kier alpha value is -4.07. The van der Waals surface area contributed by atoms with E-state index in [0.717, 1.165) is 11.3 Å². The monoisotopic (exact) mass is 448 g/mol. The van der Waals surface area contributed by atoms with E-state index in [9.17, 15) is 14.4 Å². The van der Waals surface area contributed by atoms with Crippen LogP contribution in [0.1, 0.15) is 36.7 Å². The lowest BCUT2D eigenvalue weighted by Crippen LogP contribution is -2.39. The van der Waals surface area contributed by atoms with Crippen molar-refractivity contribution in [1.29, 1.82) is 0 Å². The highest BCUT2D eigenvalue weighted by Gasteiger charge is 2.16. The molecule has 0 spiro atoms. The molecule has 3 amide bonds. The van der Waals surface area contributed by atoms with Gasteiger partial charge in [-0.05, 0) is 68.8 Å². The average molecular weight is 449 g/mol. The molecule has 8 heteroatoms. The van der Waals surface area contributed by atoms with Gasteiger partial charge in [0.1, 0.15) is 12.1 Å². The lowest BCUT2D eigenvalue weighted by molar-refractivity contribution is -0.120. The number of para-hydroxylation sites is 1. The first-order chi connectivity index (χ1) is 15.7. The molecule has 172 valence electrons. The van der Waals surface area contributed by atoms with Gasteiger partial charge in [0.15, 0.2) is 0 Å². The number of carbonyl (C=O) groups is 3. The van der Waals surface area contributed by atoms with Crippen LogP contribution in [0.5, 0.6) is 0 Å². The molecule has 3 aromatic rings. The SMILES string of the molecule is CC(C)(C)OC(=O)NCC(=O)NCc1ccccc1NC(=O)c1ccc(-n2cccc2)cc1. The van der Waals surface area contributed by atoms with Crippen molar-refractivity contribution in [3.05, 3.63) is 84.2 Å². The molecule has 0 aliphatic rings. The first-order valence-corrected chi connectivity index (χ1v) is 10.6. The molecular formula is C25H28N4O4. The fourth-order valence-electron chi connectivity index (χ4n) is 3.01. The van der Waals surface area contributed by atoms with Gasteiger partial charge in [0, 0.05) is 35.9 Å². The molecule has 1 aromatic heterocycles. The predicted octanol–water partition coefficient (Wildman–Crippen LogP) is 3.87. The van der Waals surface area contributed by atoms with E-state index in [4.69, 9.17) is 4.74 Å². The number of carbonyl (C=O) groups excluding carboxylic acids is 3. The minimum Gasteiger partial charge on any atom is -0.444 e. The number of amides is 3. The van der Waals surface area contributed by atoms with Crippen LogP contribution in [0.25, 0.3) is 5.69 Å². The summed E-state index contributed by atoms with van der Waals surface area (Å²) in [6, 6.07) is 18.3. The number of benzene rings is 2. The van der Waals surface area contributed by atoms with Crippen molar-refractivity contribution in [2.75, 3.05) is 11.9 Å². The number of nitrogens with one attached hydrogen (secondary N) is 3. The van der Waals surface area contributed by atoms with Crippen LogP contribution in [0.3, 0.4) is 0 Å². The van der Waals surface area contributed by atoms with Crippen LogP contribution in [0.4, 0.5) is 10.5 Å². The molecule has 3 N–H and O–H groups in total. The maximum atomic E-state index is 12.7. The first kappa shape index (κ1) is 23.6. The van der Waals surface area contributed by atoms with Gasteiger partial charge >= 0.3 is 6.09 Å². The molecule has 0 atom stereocenters. The lowest BCUT2D eigenvalue weighted by Gasteiger charge is -2.19. The molecular weight excluding hydrogens is 420 g/mol. The third kappa shape index (κ3) is 7.24. The number of aromatic nitrogens is 1. The standard InChI is InChI=1S/C25H28N4O4/c1-25(2,3)33-24(32)27-17-22(30)26-16-19-8-4-5-9-21(19)28-23(31)18-10-12-20(13-11-18)29-14-6-7-15-29/h4-15H,16-17H2,1-3H3,(H,26,30)(H,27,32)(H,28,31). The summed E-state index contributed by atoms with van der Waals surface area (Å²) >= 11 is 0. The van der Waals surface area contributed by atoms with Crippen LogP contribution in [0.15, 0.2) is 73.1 Å². The molecule has 3 rings (SSSR count). The molecule has 0 unspecified atom stereocenters. The van der Waals surface area contributed by atoms with Gasteiger partial charge in [0.05, 0.1) is 0 Å². The third-order valence-corrected chi connectivity index (χ3v) is 4.57. The largest absolute Gasteiger partial charge is 0.444 e. The molecule has 0 fully saturated rings. The van der Waals surface area contributed by atoms with Crippen molar-refractivity contribution in [2.24, 2.45) is 0 Å². The Balaban J connectivity index is 1.55. The molecule has 1 heterocycles. The highest BCUT2D eigenvalue weighted by Crippen LogP contribution is 2.17. The van der Waals surface area contributed by atoms with Gasteiger partial charge in [0.25, 0.3) is 5.91 Å². The van der Waals surface area contributed by atoms with E-state index in [0.29, 0.717) is 11.3 Å². The van der Waals surface area contributed by atoms with Gasteiger partial charge < -0.3 is 25.3 Å². The van der Waals surface area contributed by atoms with Crippen LogP contribution in [-0.2, 0) is 16.1 Å². The molecule has 2 aromatic carbocycles. The minimum absolute atomic E-state index is 0.192. The highest BCUT2D eigenvalue weighted by molar-refractivity contribution is 6.04. The topological polar surface area (TPSA) is 101 Å². The van der Waals surface area contributed by atoms with Crippen molar-refractivity contribution < 1.29 is 19.1 Å². The Bertz CT molecular complexity index is 1100. The molecule has 0 bridgehead atoms. The Morgan fingerprint density at radius 1 is 0.879 bits per heavy atom. The van der Waals surface area contributed by atoms with E-state index >= 15 is 0 Å². The van der Waals surface area contributed by atoms with Crippen LogP contribution >= 0.6 is 0 Å². The summed E-state index contributed by atoms with van der Waals surface area (Å²) in [7, 11) is 0. The fourth-order valence-corrected chi connectivity index (χ4v) is 3.01. The van der Waals surface area contributed by atoms with Gasteiger partial charge in [0.2, 0.25) is 5.91 Å². The van der Waals surface area contributed by atoms with E-state index in [1.807, 2.05) is 53.4 Å². The van der Waals surface area contributed by atoms with E-state index in [-0.39, 0.29) is 24.9 Å². The Morgan fingerprint density at radius 3 is 2.21 bits per heavy atom. The number of hydrogen-bond acceptors (Lipinski definition) is 4. The van der Waals surface area contributed by atoms with E-state index in [1.165, 1.54) is 0 Å². The van der Waals surface area contributed by atoms with E-state index in [1.54, 1.807) is 45.0 Å². The zero-order valence-corrected chi connectivity index (χ0v) is 18.9. The number of anilines is 1. The fraction of sp³-hybridized carbons (Fsp3) is 0.240.